The van der Waals surface area contributed by atoms with Gasteiger partial charge in [-0.25, -0.2) is 4.68 Å². The molecule has 0 saturated carbocycles. The summed E-state index contributed by atoms with van der Waals surface area (Å²) in [4.78, 5) is 21.8. The number of benzene rings is 1. The molecule has 0 bridgehead atoms. The van der Waals surface area contributed by atoms with Crippen LogP contribution >= 0.6 is 11.6 Å². The zero-order valence-electron chi connectivity index (χ0n) is 17.2. The van der Waals surface area contributed by atoms with Crippen molar-refractivity contribution in [3.05, 3.63) is 59.5 Å². The van der Waals surface area contributed by atoms with Crippen LogP contribution in [-0.4, -0.2) is 68.4 Å². The maximum Gasteiger partial charge on any atom is 0.276 e. The summed E-state index contributed by atoms with van der Waals surface area (Å²) >= 11 is 6.41. The lowest BCUT2D eigenvalue weighted by Gasteiger charge is -2.35. The van der Waals surface area contributed by atoms with Gasteiger partial charge in [0, 0.05) is 50.7 Å². The third kappa shape index (κ3) is 4.22. The third-order valence-corrected chi connectivity index (χ3v) is 5.51. The van der Waals surface area contributed by atoms with E-state index >= 15 is 0 Å². The van der Waals surface area contributed by atoms with Gasteiger partial charge in [-0.05, 0) is 30.2 Å². The fourth-order valence-corrected chi connectivity index (χ4v) is 4.00. The van der Waals surface area contributed by atoms with Gasteiger partial charge in [0.05, 0.1) is 10.7 Å². The molecule has 156 valence electrons. The normalized spacial score (nSPS) is 15.0. The Kier molecular flexibility index (Phi) is 6.11. The Morgan fingerprint density at radius 1 is 1.07 bits per heavy atom. The molecule has 2 aromatic heterocycles. The van der Waals surface area contributed by atoms with E-state index in [1.165, 1.54) is 0 Å². The molecule has 0 spiro atoms. The largest absolute Gasteiger partial charge is 0.335 e. The van der Waals surface area contributed by atoms with Crippen LogP contribution in [0.4, 0.5) is 0 Å². The van der Waals surface area contributed by atoms with Gasteiger partial charge in [0.2, 0.25) is 0 Å². The fraction of sp³-hybridized carbons (Fsp3) is 0.364. The van der Waals surface area contributed by atoms with Gasteiger partial charge in [0.25, 0.3) is 5.91 Å². The Balaban J connectivity index is 1.67. The lowest BCUT2D eigenvalue weighted by molar-refractivity contribution is 0.0619. The molecule has 4 rings (SSSR count). The summed E-state index contributed by atoms with van der Waals surface area (Å²) in [5, 5.41) is 9.12. The van der Waals surface area contributed by atoms with Crippen LogP contribution in [0.15, 0.2) is 48.8 Å². The van der Waals surface area contributed by atoms with Crippen LogP contribution in [0.25, 0.3) is 16.9 Å². The highest BCUT2D eigenvalue weighted by atomic mass is 35.5. The van der Waals surface area contributed by atoms with Crippen molar-refractivity contribution in [2.75, 3.05) is 32.7 Å². The number of para-hydroxylation sites is 1. The molecule has 1 fully saturated rings. The van der Waals surface area contributed by atoms with E-state index in [1.54, 1.807) is 23.1 Å². The zero-order chi connectivity index (χ0) is 21.1. The van der Waals surface area contributed by atoms with Crippen LogP contribution in [0.1, 0.15) is 24.3 Å². The van der Waals surface area contributed by atoms with Crippen LogP contribution in [0.2, 0.25) is 5.02 Å². The average Bonchev–Trinajstić information content (AvgIpc) is 3.19. The van der Waals surface area contributed by atoms with Crippen LogP contribution in [0, 0.1) is 5.92 Å². The quantitative estimate of drug-likeness (QED) is 0.628. The van der Waals surface area contributed by atoms with Crippen LogP contribution in [-0.2, 0) is 0 Å². The first kappa shape index (κ1) is 20.5. The highest BCUT2D eigenvalue weighted by molar-refractivity contribution is 6.32. The second kappa shape index (κ2) is 8.93. The molecule has 3 heterocycles. The Bertz CT molecular complexity index is 1010. The highest BCUT2D eigenvalue weighted by Crippen LogP contribution is 2.29. The molecule has 0 N–H and O–H groups in total. The second-order valence-electron chi connectivity index (χ2n) is 7.87. The van der Waals surface area contributed by atoms with Gasteiger partial charge >= 0.3 is 0 Å². The summed E-state index contributed by atoms with van der Waals surface area (Å²) in [5.74, 6) is 0.505. The summed E-state index contributed by atoms with van der Waals surface area (Å²) in [6.45, 7) is 8.57. The molecule has 30 heavy (non-hydrogen) atoms. The molecular weight excluding hydrogens is 400 g/mol. The van der Waals surface area contributed by atoms with E-state index in [0.29, 0.717) is 41.1 Å². The second-order valence-corrected chi connectivity index (χ2v) is 8.28. The first-order valence-corrected chi connectivity index (χ1v) is 10.5. The average molecular weight is 425 g/mol. The third-order valence-electron chi connectivity index (χ3n) is 5.19. The number of hydrogen-bond acceptors (Lipinski definition) is 5. The number of aromatic nitrogens is 4. The monoisotopic (exact) mass is 424 g/mol. The standard InChI is InChI=1S/C22H25ClN6O/c1-16(2)15-27-11-13-28(14-12-27)22(30)20-21(17-7-9-24-10-8-17)29(26-25-20)19-6-4-3-5-18(19)23/h3-10,16H,11-15H2,1-2H3. The topological polar surface area (TPSA) is 67.2 Å². The van der Waals surface area contributed by atoms with Crippen molar-refractivity contribution in [1.82, 2.24) is 29.8 Å². The van der Waals surface area contributed by atoms with Crippen LogP contribution in [0.3, 0.4) is 0 Å². The molecule has 8 heteroatoms. The summed E-state index contributed by atoms with van der Waals surface area (Å²) in [6, 6.07) is 11.1. The minimum Gasteiger partial charge on any atom is -0.335 e. The molecule has 0 atom stereocenters. The predicted octanol–water partition coefficient (Wildman–Crippen LogP) is 3.40. The first-order valence-electron chi connectivity index (χ1n) is 10.2. The molecule has 3 aromatic rings. The lowest BCUT2D eigenvalue weighted by Crippen LogP contribution is -2.49. The van der Waals surface area contributed by atoms with Gasteiger partial charge in [0.1, 0.15) is 5.69 Å². The minimum absolute atomic E-state index is 0.107. The Morgan fingerprint density at radius 2 is 1.77 bits per heavy atom. The Morgan fingerprint density at radius 3 is 2.43 bits per heavy atom. The van der Waals surface area contributed by atoms with Crippen molar-refractivity contribution in [3.8, 4) is 16.9 Å². The summed E-state index contributed by atoms with van der Waals surface area (Å²) < 4.78 is 1.64. The molecule has 1 aromatic carbocycles. The number of nitrogens with zero attached hydrogens (tertiary/aromatic N) is 6. The first-order chi connectivity index (χ1) is 14.5. The smallest absolute Gasteiger partial charge is 0.276 e. The van der Waals surface area contributed by atoms with Gasteiger partial charge in [-0.15, -0.1) is 5.10 Å². The molecular formula is C22H25ClN6O. The Labute approximate surface area is 181 Å². The predicted molar refractivity (Wildman–Crippen MR) is 117 cm³/mol. The van der Waals surface area contributed by atoms with E-state index in [-0.39, 0.29) is 5.91 Å². The number of piperazine rings is 1. The molecule has 1 aliphatic rings. The van der Waals surface area contributed by atoms with Crippen molar-refractivity contribution in [2.24, 2.45) is 5.92 Å². The summed E-state index contributed by atoms with van der Waals surface area (Å²) in [7, 11) is 0. The molecule has 0 unspecified atom stereocenters. The highest BCUT2D eigenvalue weighted by Gasteiger charge is 2.29. The van der Waals surface area contributed by atoms with Crippen molar-refractivity contribution in [3.63, 3.8) is 0 Å². The molecule has 0 aliphatic carbocycles. The maximum absolute atomic E-state index is 13.4. The van der Waals surface area contributed by atoms with Gasteiger partial charge in [-0.1, -0.05) is 42.8 Å². The number of rotatable bonds is 5. The van der Waals surface area contributed by atoms with Crippen molar-refractivity contribution < 1.29 is 4.79 Å². The van der Waals surface area contributed by atoms with E-state index in [2.05, 4.69) is 34.0 Å². The van der Waals surface area contributed by atoms with E-state index in [1.807, 2.05) is 35.2 Å². The van der Waals surface area contributed by atoms with Gasteiger partial charge < -0.3 is 4.90 Å². The minimum atomic E-state index is -0.107. The lowest BCUT2D eigenvalue weighted by atomic mass is 10.1. The molecule has 1 aliphatic heterocycles. The molecule has 7 nitrogen and oxygen atoms in total. The van der Waals surface area contributed by atoms with Gasteiger partial charge in [0.15, 0.2) is 5.69 Å². The van der Waals surface area contributed by atoms with E-state index in [4.69, 9.17) is 11.6 Å². The SMILES string of the molecule is CC(C)CN1CCN(C(=O)c2nnn(-c3ccccc3Cl)c2-c2ccncc2)CC1. The van der Waals surface area contributed by atoms with Crippen molar-refractivity contribution in [2.45, 2.75) is 13.8 Å². The summed E-state index contributed by atoms with van der Waals surface area (Å²) in [5.41, 5.74) is 2.45. The number of hydrogen-bond donors (Lipinski definition) is 0. The van der Waals surface area contributed by atoms with Crippen LogP contribution < -0.4 is 0 Å². The van der Waals surface area contributed by atoms with E-state index < -0.39 is 0 Å². The van der Waals surface area contributed by atoms with Gasteiger partial charge in [-0.3, -0.25) is 14.7 Å². The van der Waals surface area contributed by atoms with Crippen LogP contribution in [0.5, 0.6) is 0 Å². The number of carbonyl (C=O) groups excluding carboxylic acids is 1. The van der Waals surface area contributed by atoms with Crippen molar-refractivity contribution >= 4 is 17.5 Å². The zero-order valence-corrected chi connectivity index (χ0v) is 18.0. The summed E-state index contributed by atoms with van der Waals surface area (Å²) in [6.07, 6.45) is 3.39. The number of amides is 1. The molecule has 0 radical (unpaired) electrons. The molecule has 1 amide bonds. The molecule has 1 saturated heterocycles. The number of carbonyl (C=O) groups is 1. The fourth-order valence-electron chi connectivity index (χ4n) is 3.79. The number of halogens is 1. The maximum atomic E-state index is 13.4. The van der Waals surface area contributed by atoms with Gasteiger partial charge in [-0.2, -0.15) is 0 Å². The van der Waals surface area contributed by atoms with Crippen molar-refractivity contribution in [1.29, 1.82) is 0 Å². The number of pyridine rings is 1. The van der Waals surface area contributed by atoms with E-state index in [0.717, 1.165) is 25.2 Å². The van der Waals surface area contributed by atoms with E-state index in [9.17, 15) is 4.79 Å². The Hall–Kier alpha value is -2.77.